The van der Waals surface area contributed by atoms with Crippen LogP contribution in [0.5, 0.6) is 5.75 Å². The fourth-order valence-electron chi connectivity index (χ4n) is 2.43. The van der Waals surface area contributed by atoms with Crippen LogP contribution in [0.15, 0.2) is 60.7 Å². The largest absolute Gasteiger partial charge is 0.497 e. The van der Waals surface area contributed by atoms with Crippen LogP contribution in [-0.4, -0.2) is 36.3 Å². The standard InChI is InChI=1S/C20H18N4O4/c1-27-14-7-5-6-13(12-14)21-19(25)17-10-11-18(24-23-17)22-16-9-4-3-8-15(16)20(26)28-2/h3-12H,1-2H3,(H,21,25)(H,22,24). The predicted octanol–water partition coefficient (Wildman–Crippen LogP) is 3.27. The molecule has 1 heterocycles. The number of methoxy groups -OCH3 is 2. The lowest BCUT2D eigenvalue weighted by Crippen LogP contribution is -2.14. The van der Waals surface area contributed by atoms with Gasteiger partial charge in [0.2, 0.25) is 0 Å². The molecular formula is C20H18N4O4. The van der Waals surface area contributed by atoms with E-state index in [1.54, 1.807) is 61.7 Å². The van der Waals surface area contributed by atoms with Gasteiger partial charge in [0.15, 0.2) is 11.5 Å². The minimum Gasteiger partial charge on any atom is -0.497 e. The predicted molar refractivity (Wildman–Crippen MR) is 104 cm³/mol. The zero-order valence-corrected chi connectivity index (χ0v) is 15.3. The van der Waals surface area contributed by atoms with Gasteiger partial charge < -0.3 is 20.1 Å². The number of esters is 1. The van der Waals surface area contributed by atoms with Gasteiger partial charge in [0, 0.05) is 11.8 Å². The molecule has 3 rings (SSSR count). The number of anilines is 3. The van der Waals surface area contributed by atoms with Gasteiger partial charge in [-0.15, -0.1) is 10.2 Å². The van der Waals surface area contributed by atoms with Gasteiger partial charge in [0.05, 0.1) is 25.5 Å². The van der Waals surface area contributed by atoms with E-state index in [0.717, 1.165) is 0 Å². The number of ether oxygens (including phenoxy) is 2. The van der Waals surface area contributed by atoms with E-state index in [-0.39, 0.29) is 5.69 Å². The summed E-state index contributed by atoms with van der Waals surface area (Å²) in [5, 5.41) is 13.7. The second-order valence-electron chi connectivity index (χ2n) is 5.65. The summed E-state index contributed by atoms with van der Waals surface area (Å²) in [5.74, 6) is 0.148. The molecule has 0 fully saturated rings. The van der Waals surface area contributed by atoms with Gasteiger partial charge >= 0.3 is 5.97 Å². The molecule has 0 unspecified atom stereocenters. The van der Waals surface area contributed by atoms with Gasteiger partial charge in [0.1, 0.15) is 5.75 Å². The Morgan fingerprint density at radius 2 is 1.75 bits per heavy atom. The van der Waals surface area contributed by atoms with Crippen LogP contribution in [0.25, 0.3) is 0 Å². The Bertz CT molecular complexity index is 990. The van der Waals surface area contributed by atoms with E-state index in [1.165, 1.54) is 13.2 Å². The monoisotopic (exact) mass is 378 g/mol. The Balaban J connectivity index is 1.71. The van der Waals surface area contributed by atoms with Crippen molar-refractivity contribution in [2.45, 2.75) is 0 Å². The van der Waals surface area contributed by atoms with E-state index in [4.69, 9.17) is 9.47 Å². The van der Waals surface area contributed by atoms with E-state index in [9.17, 15) is 9.59 Å². The Kier molecular flexibility index (Phi) is 5.81. The first-order chi connectivity index (χ1) is 13.6. The fourth-order valence-corrected chi connectivity index (χ4v) is 2.43. The third-order valence-corrected chi connectivity index (χ3v) is 3.82. The minimum atomic E-state index is -0.467. The van der Waals surface area contributed by atoms with Crippen molar-refractivity contribution in [2.75, 3.05) is 24.9 Å². The molecule has 2 aromatic carbocycles. The van der Waals surface area contributed by atoms with Gasteiger partial charge in [0.25, 0.3) is 5.91 Å². The van der Waals surface area contributed by atoms with Crippen LogP contribution in [0.2, 0.25) is 0 Å². The van der Waals surface area contributed by atoms with Crippen LogP contribution in [0.4, 0.5) is 17.2 Å². The summed E-state index contributed by atoms with van der Waals surface area (Å²) >= 11 is 0. The molecule has 0 aliphatic rings. The Labute approximate surface area is 161 Å². The normalized spacial score (nSPS) is 10.1. The highest BCUT2D eigenvalue weighted by Crippen LogP contribution is 2.20. The highest BCUT2D eigenvalue weighted by molar-refractivity contribution is 6.03. The van der Waals surface area contributed by atoms with Gasteiger partial charge in [-0.25, -0.2) is 4.79 Å². The van der Waals surface area contributed by atoms with Crippen LogP contribution in [-0.2, 0) is 4.74 Å². The Hall–Kier alpha value is -3.94. The van der Waals surface area contributed by atoms with Crippen molar-refractivity contribution in [1.82, 2.24) is 10.2 Å². The molecule has 8 nitrogen and oxygen atoms in total. The number of rotatable bonds is 6. The number of hydrogen-bond acceptors (Lipinski definition) is 7. The Morgan fingerprint density at radius 3 is 2.46 bits per heavy atom. The maximum Gasteiger partial charge on any atom is 0.339 e. The maximum atomic E-state index is 12.3. The number of para-hydroxylation sites is 1. The summed E-state index contributed by atoms with van der Waals surface area (Å²) in [6, 6.07) is 17.0. The molecule has 0 aliphatic heterocycles. The average molecular weight is 378 g/mol. The van der Waals surface area contributed by atoms with Gasteiger partial charge in [-0.05, 0) is 36.4 Å². The van der Waals surface area contributed by atoms with Crippen molar-refractivity contribution in [3.05, 3.63) is 71.9 Å². The van der Waals surface area contributed by atoms with Gasteiger partial charge in [-0.3, -0.25) is 4.79 Å². The number of aromatic nitrogens is 2. The van der Waals surface area contributed by atoms with Crippen molar-refractivity contribution in [2.24, 2.45) is 0 Å². The van der Waals surface area contributed by atoms with Gasteiger partial charge in [-0.2, -0.15) is 0 Å². The quantitative estimate of drug-likeness (QED) is 0.635. The summed E-state index contributed by atoms with van der Waals surface area (Å²) in [4.78, 5) is 24.2. The zero-order valence-electron chi connectivity index (χ0n) is 15.3. The zero-order chi connectivity index (χ0) is 19.9. The number of carbonyl (C=O) groups excluding carboxylic acids is 2. The van der Waals surface area contributed by atoms with Crippen molar-refractivity contribution < 1.29 is 19.1 Å². The molecule has 1 aromatic heterocycles. The molecular weight excluding hydrogens is 360 g/mol. The lowest BCUT2D eigenvalue weighted by molar-refractivity contribution is 0.0601. The number of carbonyl (C=O) groups is 2. The number of benzene rings is 2. The van der Waals surface area contributed by atoms with E-state index in [0.29, 0.717) is 28.5 Å². The number of hydrogen-bond donors (Lipinski definition) is 2. The third-order valence-electron chi connectivity index (χ3n) is 3.82. The number of nitrogens with zero attached hydrogens (tertiary/aromatic N) is 2. The van der Waals surface area contributed by atoms with E-state index < -0.39 is 11.9 Å². The number of amides is 1. The molecule has 8 heteroatoms. The molecule has 0 spiro atoms. The van der Waals surface area contributed by atoms with Crippen LogP contribution in [0.3, 0.4) is 0 Å². The molecule has 0 saturated heterocycles. The molecule has 28 heavy (non-hydrogen) atoms. The molecule has 0 radical (unpaired) electrons. The molecule has 0 bridgehead atoms. The van der Waals surface area contributed by atoms with E-state index in [2.05, 4.69) is 20.8 Å². The second-order valence-corrected chi connectivity index (χ2v) is 5.65. The highest BCUT2D eigenvalue weighted by Gasteiger charge is 2.13. The summed E-state index contributed by atoms with van der Waals surface area (Å²) in [7, 11) is 2.87. The van der Waals surface area contributed by atoms with Crippen molar-refractivity contribution in [1.29, 1.82) is 0 Å². The molecule has 2 N–H and O–H groups in total. The van der Waals surface area contributed by atoms with Crippen LogP contribution in [0, 0.1) is 0 Å². The molecule has 142 valence electrons. The summed E-state index contributed by atoms with van der Waals surface area (Å²) in [6.45, 7) is 0. The van der Waals surface area contributed by atoms with Crippen molar-refractivity contribution >= 4 is 29.1 Å². The highest BCUT2D eigenvalue weighted by atomic mass is 16.5. The second kappa shape index (κ2) is 8.63. The smallest absolute Gasteiger partial charge is 0.339 e. The Morgan fingerprint density at radius 1 is 0.929 bits per heavy atom. The molecule has 1 amide bonds. The van der Waals surface area contributed by atoms with E-state index in [1.807, 2.05) is 0 Å². The van der Waals surface area contributed by atoms with Crippen molar-refractivity contribution in [3.63, 3.8) is 0 Å². The number of nitrogens with one attached hydrogen (secondary N) is 2. The third kappa shape index (κ3) is 4.42. The molecule has 3 aromatic rings. The minimum absolute atomic E-state index is 0.148. The SMILES string of the molecule is COC(=O)c1ccccc1Nc1ccc(C(=O)Nc2cccc(OC)c2)nn1. The summed E-state index contributed by atoms with van der Waals surface area (Å²) in [5.41, 5.74) is 1.62. The first kappa shape index (κ1) is 18.8. The van der Waals surface area contributed by atoms with Crippen LogP contribution in [0.1, 0.15) is 20.8 Å². The first-order valence-corrected chi connectivity index (χ1v) is 8.34. The van der Waals surface area contributed by atoms with Crippen molar-refractivity contribution in [3.8, 4) is 5.75 Å². The lowest BCUT2D eigenvalue weighted by Gasteiger charge is -2.10. The summed E-state index contributed by atoms with van der Waals surface area (Å²) in [6.07, 6.45) is 0. The van der Waals surface area contributed by atoms with E-state index >= 15 is 0 Å². The summed E-state index contributed by atoms with van der Waals surface area (Å²) < 4.78 is 9.89. The van der Waals surface area contributed by atoms with Crippen LogP contribution < -0.4 is 15.4 Å². The molecule has 0 atom stereocenters. The van der Waals surface area contributed by atoms with Crippen LogP contribution >= 0.6 is 0 Å². The first-order valence-electron chi connectivity index (χ1n) is 8.34. The fraction of sp³-hybridized carbons (Fsp3) is 0.100. The molecule has 0 aliphatic carbocycles. The average Bonchev–Trinajstić information content (AvgIpc) is 2.74. The molecule has 0 saturated carbocycles. The lowest BCUT2D eigenvalue weighted by atomic mass is 10.2. The topological polar surface area (TPSA) is 102 Å². The van der Waals surface area contributed by atoms with Gasteiger partial charge in [-0.1, -0.05) is 18.2 Å². The maximum absolute atomic E-state index is 12.3.